The van der Waals surface area contributed by atoms with Crippen LogP contribution in [0, 0.1) is 0 Å². The predicted molar refractivity (Wildman–Crippen MR) is 154 cm³/mol. The Morgan fingerprint density at radius 2 is 1.60 bits per heavy atom. The molecule has 2 aromatic heterocycles. The number of urea groups is 1. The van der Waals surface area contributed by atoms with Gasteiger partial charge in [-0.15, -0.1) is 5.10 Å². The fraction of sp³-hybridized carbons (Fsp3) is 0.481. The normalized spacial score (nSPS) is 19.8. The van der Waals surface area contributed by atoms with Crippen LogP contribution in [0.25, 0.3) is 5.82 Å². The lowest BCUT2D eigenvalue weighted by molar-refractivity contribution is -0.133. The fourth-order valence-corrected chi connectivity index (χ4v) is 5.67. The van der Waals surface area contributed by atoms with E-state index in [9.17, 15) is 9.59 Å². The number of nitrogens with zero attached hydrogens (tertiary/aromatic N) is 7. The van der Waals surface area contributed by atoms with Crippen LogP contribution in [0.2, 0.25) is 0 Å². The SMILES string of the molecule is CC(=O)N1[C@H](C)CN(c2cc(-n3nc(Nc4ccc(NC(=O)NC5CCCCC5)cc4)nc3N)ncn2)C[C@@H]1C. The number of anilines is 5. The van der Waals surface area contributed by atoms with Gasteiger partial charge in [-0.25, -0.2) is 14.8 Å². The Morgan fingerprint density at radius 3 is 2.27 bits per heavy atom. The van der Waals surface area contributed by atoms with Crippen molar-refractivity contribution in [2.75, 3.05) is 34.4 Å². The number of nitrogen functional groups attached to an aromatic ring is 1. The number of aromatic nitrogens is 5. The molecule has 3 heterocycles. The summed E-state index contributed by atoms with van der Waals surface area (Å²) < 4.78 is 1.46. The number of carbonyl (C=O) groups excluding carboxylic acids is 2. The molecule has 0 radical (unpaired) electrons. The predicted octanol–water partition coefficient (Wildman–Crippen LogP) is 3.28. The van der Waals surface area contributed by atoms with Crippen LogP contribution in [-0.4, -0.2) is 72.8 Å². The minimum Gasteiger partial charge on any atom is -0.368 e. The third-order valence-electron chi connectivity index (χ3n) is 7.43. The van der Waals surface area contributed by atoms with Crippen molar-refractivity contribution in [3.63, 3.8) is 0 Å². The zero-order chi connectivity index (χ0) is 28.2. The Kier molecular flexibility index (Phi) is 7.99. The van der Waals surface area contributed by atoms with Gasteiger partial charge in [0.25, 0.3) is 0 Å². The number of benzene rings is 1. The van der Waals surface area contributed by atoms with Crippen LogP contribution in [0.5, 0.6) is 0 Å². The molecule has 3 amide bonds. The smallest absolute Gasteiger partial charge is 0.319 e. The molecule has 5 N–H and O–H groups in total. The number of hydrogen-bond acceptors (Lipinski definition) is 9. The van der Waals surface area contributed by atoms with Gasteiger partial charge in [0, 0.05) is 55.6 Å². The third kappa shape index (κ3) is 6.24. The zero-order valence-electron chi connectivity index (χ0n) is 23.2. The van der Waals surface area contributed by atoms with Crippen molar-refractivity contribution in [3.8, 4) is 5.82 Å². The number of carbonyl (C=O) groups is 2. The molecule has 0 unspecified atom stereocenters. The fourth-order valence-electron chi connectivity index (χ4n) is 5.67. The summed E-state index contributed by atoms with van der Waals surface area (Å²) in [6.45, 7) is 7.00. The number of piperazine rings is 1. The van der Waals surface area contributed by atoms with E-state index in [1.54, 1.807) is 6.92 Å². The maximum Gasteiger partial charge on any atom is 0.319 e. The van der Waals surface area contributed by atoms with Crippen LogP contribution in [0.15, 0.2) is 36.7 Å². The molecule has 2 fully saturated rings. The van der Waals surface area contributed by atoms with Gasteiger partial charge in [0.2, 0.25) is 17.8 Å². The quantitative estimate of drug-likeness (QED) is 0.363. The number of nitrogens with one attached hydrogen (secondary N) is 3. The van der Waals surface area contributed by atoms with Gasteiger partial charge >= 0.3 is 6.03 Å². The molecule has 2 atom stereocenters. The molecular formula is C27H37N11O2. The molecule has 1 aliphatic heterocycles. The highest BCUT2D eigenvalue weighted by atomic mass is 16.2. The van der Waals surface area contributed by atoms with Crippen LogP contribution in [0.1, 0.15) is 52.9 Å². The van der Waals surface area contributed by atoms with Crippen molar-refractivity contribution in [2.45, 2.75) is 71.0 Å². The Bertz CT molecular complexity index is 1320. The first-order valence-corrected chi connectivity index (χ1v) is 13.8. The first kappa shape index (κ1) is 27.2. The van der Waals surface area contributed by atoms with E-state index in [1.807, 2.05) is 49.1 Å². The molecule has 3 aromatic rings. The molecule has 13 nitrogen and oxygen atoms in total. The molecular weight excluding hydrogens is 510 g/mol. The molecule has 1 aromatic carbocycles. The summed E-state index contributed by atoms with van der Waals surface area (Å²) in [5, 5.41) is 13.6. The van der Waals surface area contributed by atoms with Crippen molar-refractivity contribution in [2.24, 2.45) is 0 Å². The van der Waals surface area contributed by atoms with Crippen LogP contribution >= 0.6 is 0 Å². The van der Waals surface area contributed by atoms with Gasteiger partial charge in [-0.3, -0.25) is 4.79 Å². The van der Waals surface area contributed by atoms with Crippen molar-refractivity contribution in [3.05, 3.63) is 36.7 Å². The highest BCUT2D eigenvalue weighted by molar-refractivity contribution is 5.89. The Balaban J connectivity index is 1.22. The molecule has 40 heavy (non-hydrogen) atoms. The van der Waals surface area contributed by atoms with Gasteiger partial charge in [-0.2, -0.15) is 9.67 Å². The van der Waals surface area contributed by atoms with Gasteiger partial charge in [0.05, 0.1) is 0 Å². The Hall–Kier alpha value is -4.42. The van der Waals surface area contributed by atoms with Gasteiger partial charge in [-0.05, 0) is 51.0 Å². The highest BCUT2D eigenvalue weighted by Gasteiger charge is 2.32. The molecule has 212 valence electrons. The first-order valence-electron chi connectivity index (χ1n) is 13.8. The van der Waals surface area contributed by atoms with Crippen molar-refractivity contribution in [1.29, 1.82) is 0 Å². The number of rotatable bonds is 6. The van der Waals surface area contributed by atoms with E-state index in [2.05, 4.69) is 40.9 Å². The maximum atomic E-state index is 12.3. The number of nitrogens with two attached hydrogens (primary N) is 1. The van der Waals surface area contributed by atoms with E-state index >= 15 is 0 Å². The molecule has 0 bridgehead atoms. The zero-order valence-corrected chi connectivity index (χ0v) is 23.2. The van der Waals surface area contributed by atoms with E-state index in [4.69, 9.17) is 5.73 Å². The largest absolute Gasteiger partial charge is 0.368 e. The van der Waals surface area contributed by atoms with Crippen molar-refractivity contribution in [1.82, 2.24) is 34.9 Å². The lowest BCUT2D eigenvalue weighted by Gasteiger charge is -2.44. The van der Waals surface area contributed by atoms with Crippen LogP contribution in [-0.2, 0) is 4.79 Å². The molecule has 2 aliphatic rings. The molecule has 1 aliphatic carbocycles. The van der Waals surface area contributed by atoms with Gasteiger partial charge in [0.1, 0.15) is 12.1 Å². The lowest BCUT2D eigenvalue weighted by Crippen LogP contribution is -2.58. The summed E-state index contributed by atoms with van der Waals surface area (Å²) in [6, 6.07) is 9.28. The average Bonchev–Trinajstić information content (AvgIpc) is 3.29. The average molecular weight is 548 g/mol. The van der Waals surface area contributed by atoms with E-state index in [1.165, 1.54) is 17.4 Å². The summed E-state index contributed by atoms with van der Waals surface area (Å²) in [4.78, 5) is 41.5. The molecule has 1 saturated heterocycles. The first-order chi connectivity index (χ1) is 19.3. The summed E-state index contributed by atoms with van der Waals surface area (Å²) >= 11 is 0. The van der Waals surface area contributed by atoms with Crippen LogP contribution < -0.4 is 26.6 Å². The Morgan fingerprint density at radius 1 is 0.950 bits per heavy atom. The van der Waals surface area contributed by atoms with Gasteiger partial charge < -0.3 is 31.5 Å². The minimum absolute atomic E-state index is 0.0553. The minimum atomic E-state index is -0.186. The Labute approximate surface area is 233 Å². The second-order valence-electron chi connectivity index (χ2n) is 10.6. The third-order valence-corrected chi connectivity index (χ3v) is 7.43. The lowest BCUT2D eigenvalue weighted by atomic mass is 9.96. The molecule has 0 spiro atoms. The molecule has 13 heteroatoms. The van der Waals surface area contributed by atoms with Crippen molar-refractivity contribution >= 4 is 41.0 Å². The van der Waals surface area contributed by atoms with Gasteiger partial charge in [-0.1, -0.05) is 19.3 Å². The summed E-state index contributed by atoms with van der Waals surface area (Å²) in [6.07, 6.45) is 7.11. The summed E-state index contributed by atoms with van der Waals surface area (Å²) in [5.74, 6) is 1.77. The molecule has 5 rings (SSSR count). The number of hydrogen-bond donors (Lipinski definition) is 4. The van der Waals surface area contributed by atoms with Crippen molar-refractivity contribution < 1.29 is 9.59 Å². The molecule has 1 saturated carbocycles. The second-order valence-corrected chi connectivity index (χ2v) is 10.6. The summed E-state index contributed by atoms with van der Waals surface area (Å²) in [7, 11) is 0. The maximum absolute atomic E-state index is 12.3. The van der Waals surface area contributed by atoms with Gasteiger partial charge in [0.15, 0.2) is 5.82 Å². The second kappa shape index (κ2) is 11.8. The summed E-state index contributed by atoms with van der Waals surface area (Å²) in [5.41, 5.74) is 7.62. The van der Waals surface area contributed by atoms with Crippen LogP contribution in [0.3, 0.4) is 0 Å². The van der Waals surface area contributed by atoms with E-state index in [0.717, 1.165) is 37.2 Å². The van der Waals surface area contributed by atoms with E-state index < -0.39 is 0 Å². The van der Waals surface area contributed by atoms with E-state index in [0.29, 0.717) is 30.5 Å². The standard InChI is InChI=1S/C27H37N11O2/c1-17-14-36(15-18(2)37(17)19(3)39)23-13-24(30-16-29-23)38-25(28)34-26(35-38)31-21-9-11-22(12-10-21)33-27(40)32-20-7-5-4-6-8-20/h9-13,16-18,20H,4-8,14-15H2,1-3H3,(H2,32,33,40)(H3,28,31,34,35)/t17-,18+. The van der Waals surface area contributed by atoms with Crippen LogP contribution in [0.4, 0.5) is 33.9 Å². The topological polar surface area (TPSA) is 159 Å². The number of amides is 3. The monoisotopic (exact) mass is 547 g/mol. The van der Waals surface area contributed by atoms with E-state index in [-0.39, 0.29) is 36.0 Å². The highest BCUT2D eigenvalue weighted by Crippen LogP contribution is 2.24.